The van der Waals surface area contributed by atoms with Gasteiger partial charge in [0.05, 0.1) is 12.0 Å². The van der Waals surface area contributed by atoms with E-state index in [1.807, 2.05) is 0 Å². The molecule has 0 fully saturated rings. The Kier molecular flexibility index (Phi) is 3.74. The molecule has 2 rings (SSSR count). The Balaban J connectivity index is 2.35. The lowest BCUT2D eigenvalue weighted by Crippen LogP contribution is -2.16. The fourth-order valence-electron chi connectivity index (χ4n) is 1.53. The number of imidazole rings is 1. The van der Waals surface area contributed by atoms with Gasteiger partial charge in [-0.3, -0.25) is 4.72 Å². The van der Waals surface area contributed by atoms with Crippen LogP contribution in [0.25, 0.3) is 0 Å². The van der Waals surface area contributed by atoms with Gasteiger partial charge in [-0.15, -0.1) is 0 Å². The van der Waals surface area contributed by atoms with E-state index in [0.29, 0.717) is 0 Å². The second kappa shape index (κ2) is 5.09. The van der Waals surface area contributed by atoms with Crippen molar-refractivity contribution in [1.82, 2.24) is 9.55 Å². The predicted octanol–water partition coefficient (Wildman–Crippen LogP) is 0.00740. The van der Waals surface area contributed by atoms with Crippen LogP contribution >= 0.6 is 0 Å². The third-order valence-corrected chi connectivity index (χ3v) is 4.66. The van der Waals surface area contributed by atoms with Crippen molar-refractivity contribution in [2.75, 3.05) is 4.72 Å². The zero-order chi connectivity index (χ0) is 15.8. The number of anilines is 1. The Morgan fingerprint density at radius 3 is 2.43 bits per heavy atom. The van der Waals surface area contributed by atoms with Crippen LogP contribution < -0.4 is 9.86 Å². The largest absolute Gasteiger partial charge is 0.339 e. The van der Waals surface area contributed by atoms with Crippen molar-refractivity contribution >= 4 is 25.7 Å². The standard InChI is InChI=1S/C10H11FN4O4S2/c1-15-5-10(13-6-15)21(18,19)14-7-2-3-9(8(11)4-7)20(12,16)17/h2-6,14H,1H3,(H2,12,16,17). The minimum atomic E-state index is -4.21. The van der Waals surface area contributed by atoms with E-state index >= 15 is 0 Å². The molecule has 0 atom stereocenters. The van der Waals surface area contributed by atoms with E-state index in [1.165, 1.54) is 17.1 Å². The molecular weight excluding hydrogens is 323 g/mol. The SMILES string of the molecule is Cn1cnc(S(=O)(=O)Nc2ccc(S(N)(=O)=O)c(F)c2)c1. The van der Waals surface area contributed by atoms with Gasteiger partial charge in [0, 0.05) is 13.2 Å². The number of halogens is 1. The third kappa shape index (κ3) is 3.37. The normalized spacial score (nSPS) is 12.3. The van der Waals surface area contributed by atoms with Crippen LogP contribution in [0, 0.1) is 5.82 Å². The summed E-state index contributed by atoms with van der Waals surface area (Å²) in [5.74, 6) is -1.15. The van der Waals surface area contributed by atoms with E-state index < -0.39 is 30.8 Å². The minimum absolute atomic E-state index is 0.148. The molecule has 21 heavy (non-hydrogen) atoms. The number of hydrogen-bond donors (Lipinski definition) is 2. The molecule has 0 radical (unpaired) electrons. The summed E-state index contributed by atoms with van der Waals surface area (Å²) in [5, 5.41) is 4.56. The Morgan fingerprint density at radius 1 is 1.29 bits per heavy atom. The molecule has 0 aliphatic rings. The Hall–Kier alpha value is -1.98. The molecule has 11 heteroatoms. The smallest absolute Gasteiger partial charge is 0.280 e. The zero-order valence-corrected chi connectivity index (χ0v) is 12.3. The van der Waals surface area contributed by atoms with E-state index in [2.05, 4.69) is 9.71 Å². The molecule has 0 saturated carbocycles. The maximum Gasteiger partial charge on any atom is 0.280 e. The van der Waals surface area contributed by atoms with E-state index in [0.717, 1.165) is 18.2 Å². The van der Waals surface area contributed by atoms with Crippen molar-refractivity contribution in [2.24, 2.45) is 12.2 Å². The quantitative estimate of drug-likeness (QED) is 0.815. The van der Waals surface area contributed by atoms with Gasteiger partial charge in [-0.1, -0.05) is 0 Å². The number of aryl methyl sites for hydroxylation is 1. The number of aromatic nitrogens is 2. The average molecular weight is 334 g/mol. The van der Waals surface area contributed by atoms with Gasteiger partial charge >= 0.3 is 0 Å². The number of nitrogens with two attached hydrogens (primary N) is 1. The van der Waals surface area contributed by atoms with E-state index in [1.54, 1.807) is 7.05 Å². The minimum Gasteiger partial charge on any atom is -0.339 e. The van der Waals surface area contributed by atoms with Crippen LogP contribution in [0.2, 0.25) is 0 Å². The molecule has 0 aliphatic carbocycles. The number of rotatable bonds is 4. The summed E-state index contributed by atoms with van der Waals surface area (Å²) < 4.78 is 63.2. The van der Waals surface area contributed by atoms with Gasteiger partial charge in [-0.25, -0.2) is 22.9 Å². The molecule has 0 unspecified atom stereocenters. The molecule has 0 saturated heterocycles. The van der Waals surface area contributed by atoms with E-state index in [4.69, 9.17) is 5.14 Å². The number of nitrogens with zero attached hydrogens (tertiary/aromatic N) is 2. The molecule has 2 aromatic rings. The lowest BCUT2D eigenvalue weighted by Gasteiger charge is -2.07. The summed E-state index contributed by atoms with van der Waals surface area (Å²) >= 11 is 0. The molecule has 1 aromatic carbocycles. The van der Waals surface area contributed by atoms with Crippen molar-refractivity contribution in [3.63, 3.8) is 0 Å². The van der Waals surface area contributed by atoms with Gasteiger partial charge in [-0.05, 0) is 18.2 Å². The van der Waals surface area contributed by atoms with Crippen molar-refractivity contribution in [3.05, 3.63) is 36.5 Å². The van der Waals surface area contributed by atoms with Crippen LogP contribution in [0.15, 0.2) is 40.6 Å². The lowest BCUT2D eigenvalue weighted by molar-refractivity contribution is 0.568. The first-order valence-electron chi connectivity index (χ1n) is 5.43. The van der Waals surface area contributed by atoms with Crippen molar-refractivity contribution in [1.29, 1.82) is 0 Å². The van der Waals surface area contributed by atoms with Gasteiger partial charge in [0.15, 0.2) is 5.03 Å². The van der Waals surface area contributed by atoms with Crippen LogP contribution in [-0.2, 0) is 27.1 Å². The van der Waals surface area contributed by atoms with Gasteiger partial charge in [0.2, 0.25) is 10.0 Å². The Morgan fingerprint density at radius 2 is 1.95 bits per heavy atom. The molecular formula is C10H11FN4O4S2. The molecule has 8 nitrogen and oxygen atoms in total. The zero-order valence-electron chi connectivity index (χ0n) is 10.7. The Bertz CT molecular complexity index is 890. The summed E-state index contributed by atoms with van der Waals surface area (Å²) in [6, 6.07) is 2.69. The maximum absolute atomic E-state index is 13.6. The van der Waals surface area contributed by atoms with Crippen LogP contribution in [0.4, 0.5) is 10.1 Å². The fraction of sp³-hybridized carbons (Fsp3) is 0.100. The van der Waals surface area contributed by atoms with Crippen LogP contribution in [0.1, 0.15) is 0 Å². The first-order valence-corrected chi connectivity index (χ1v) is 8.46. The molecule has 1 aromatic heterocycles. The molecule has 3 N–H and O–H groups in total. The highest BCUT2D eigenvalue weighted by atomic mass is 32.2. The van der Waals surface area contributed by atoms with E-state index in [9.17, 15) is 21.2 Å². The molecule has 0 spiro atoms. The average Bonchev–Trinajstić information content (AvgIpc) is 2.74. The summed E-state index contributed by atoms with van der Waals surface area (Å²) in [6.07, 6.45) is 2.55. The van der Waals surface area contributed by atoms with Crippen molar-refractivity contribution < 1.29 is 21.2 Å². The van der Waals surface area contributed by atoms with Crippen LogP contribution in [0.3, 0.4) is 0 Å². The molecule has 0 aliphatic heterocycles. The number of sulfonamides is 2. The second-order valence-electron chi connectivity index (χ2n) is 4.17. The number of hydrogen-bond acceptors (Lipinski definition) is 5. The van der Waals surface area contributed by atoms with E-state index in [-0.39, 0.29) is 10.7 Å². The number of nitrogens with one attached hydrogen (secondary N) is 1. The van der Waals surface area contributed by atoms with Crippen LogP contribution in [-0.4, -0.2) is 26.4 Å². The lowest BCUT2D eigenvalue weighted by atomic mass is 10.3. The predicted molar refractivity (Wildman–Crippen MR) is 71.8 cm³/mol. The second-order valence-corrected chi connectivity index (χ2v) is 7.33. The highest BCUT2D eigenvalue weighted by molar-refractivity contribution is 7.92. The van der Waals surface area contributed by atoms with Gasteiger partial charge in [0.1, 0.15) is 10.7 Å². The van der Waals surface area contributed by atoms with Crippen molar-refractivity contribution in [3.8, 4) is 0 Å². The molecule has 0 bridgehead atoms. The number of benzene rings is 1. The van der Waals surface area contributed by atoms with Gasteiger partial charge in [0.25, 0.3) is 10.0 Å². The van der Waals surface area contributed by atoms with Crippen LogP contribution in [0.5, 0.6) is 0 Å². The summed E-state index contributed by atoms with van der Waals surface area (Å²) in [5.41, 5.74) is -0.148. The number of primary sulfonamides is 1. The Labute approximate surface area is 120 Å². The highest BCUT2D eigenvalue weighted by Gasteiger charge is 2.19. The summed E-state index contributed by atoms with van der Waals surface area (Å²) in [7, 11) is -6.61. The fourth-order valence-corrected chi connectivity index (χ4v) is 3.15. The topological polar surface area (TPSA) is 124 Å². The maximum atomic E-state index is 13.6. The first kappa shape index (κ1) is 15.4. The van der Waals surface area contributed by atoms with Crippen molar-refractivity contribution in [2.45, 2.75) is 9.92 Å². The molecule has 114 valence electrons. The summed E-state index contributed by atoms with van der Waals surface area (Å²) in [4.78, 5) is 2.95. The van der Waals surface area contributed by atoms with Gasteiger partial charge < -0.3 is 4.57 Å². The highest BCUT2D eigenvalue weighted by Crippen LogP contribution is 2.20. The third-order valence-electron chi connectivity index (χ3n) is 2.45. The summed E-state index contributed by atoms with van der Waals surface area (Å²) in [6.45, 7) is 0. The first-order chi connectivity index (χ1) is 9.59. The molecule has 0 amide bonds. The van der Waals surface area contributed by atoms with Gasteiger partial charge in [-0.2, -0.15) is 8.42 Å². The molecule has 1 heterocycles. The monoisotopic (exact) mass is 334 g/mol.